The molecule has 0 aliphatic heterocycles. The van der Waals surface area contributed by atoms with Crippen molar-refractivity contribution in [1.82, 2.24) is 19.6 Å². The van der Waals surface area contributed by atoms with Crippen LogP contribution in [0.25, 0.3) is 10.9 Å². The van der Waals surface area contributed by atoms with Crippen LogP contribution in [0, 0.1) is 0 Å². The molecular formula is C25H28N6O4S. The number of nitrogens with two attached hydrogens (primary N) is 2. The van der Waals surface area contributed by atoms with E-state index in [4.69, 9.17) is 15.9 Å². The predicted octanol–water partition coefficient (Wildman–Crippen LogP) is 3.59. The number of H-pyrrole nitrogens is 1. The molecule has 3 aromatic heterocycles. The van der Waals surface area contributed by atoms with Gasteiger partial charge >= 0.3 is 0 Å². The molecule has 0 aliphatic carbocycles. The van der Waals surface area contributed by atoms with E-state index in [0.717, 1.165) is 22.4 Å². The number of carbonyl (C=O) groups excluding carboxylic acids is 3. The number of aromatic nitrogens is 2. The summed E-state index contributed by atoms with van der Waals surface area (Å²) in [5.74, 6) is -1.32. The van der Waals surface area contributed by atoms with Crippen molar-refractivity contribution in [1.29, 1.82) is 0 Å². The van der Waals surface area contributed by atoms with E-state index in [2.05, 4.69) is 14.7 Å². The van der Waals surface area contributed by atoms with Gasteiger partial charge in [0.1, 0.15) is 16.7 Å². The lowest BCUT2D eigenvalue weighted by Gasteiger charge is -2.33. The molecule has 11 heteroatoms. The van der Waals surface area contributed by atoms with Crippen molar-refractivity contribution < 1.29 is 18.8 Å². The minimum Gasteiger partial charge on any atom is -0.467 e. The van der Waals surface area contributed by atoms with E-state index in [-0.39, 0.29) is 28.7 Å². The van der Waals surface area contributed by atoms with Gasteiger partial charge in [0, 0.05) is 28.2 Å². The summed E-state index contributed by atoms with van der Waals surface area (Å²) in [5.41, 5.74) is 12.1. The van der Waals surface area contributed by atoms with Crippen molar-refractivity contribution in [3.8, 4) is 0 Å². The number of furan rings is 1. The summed E-state index contributed by atoms with van der Waals surface area (Å²) in [4.78, 5) is 44.2. The number of carbonyl (C=O) groups is 3. The van der Waals surface area contributed by atoms with E-state index in [1.54, 1.807) is 18.3 Å². The number of benzene rings is 1. The molecule has 0 aliphatic rings. The minimum absolute atomic E-state index is 0.0164. The smallest absolute Gasteiger partial charge is 0.270 e. The molecule has 0 fully saturated rings. The zero-order chi connectivity index (χ0) is 26.0. The standard InChI is InChI=1S/C25H28N6O4S/c1-4-25(2,3)29-23(33)20(16-12-28-17-10-6-5-9-15(16)17)31(13-14-8-7-11-35-14)24(34)21-18(26)19(22(27)32)30-36-21/h5-12,20,28H,4,13,26H2,1-3H3,(H2,27,32)(H,29,33). The molecule has 0 saturated carbocycles. The number of amides is 3. The van der Waals surface area contributed by atoms with Crippen molar-refractivity contribution in [3.63, 3.8) is 0 Å². The van der Waals surface area contributed by atoms with Gasteiger partial charge < -0.3 is 31.1 Å². The Labute approximate surface area is 211 Å². The van der Waals surface area contributed by atoms with Crippen molar-refractivity contribution >= 4 is 45.8 Å². The Bertz CT molecular complexity index is 1410. The molecule has 3 amide bonds. The van der Waals surface area contributed by atoms with Gasteiger partial charge in [-0.05, 0) is 50.0 Å². The number of aromatic amines is 1. The van der Waals surface area contributed by atoms with E-state index in [0.29, 0.717) is 17.7 Å². The predicted molar refractivity (Wildman–Crippen MR) is 137 cm³/mol. The second kappa shape index (κ2) is 9.86. The fraction of sp³-hybridized carbons (Fsp3) is 0.280. The van der Waals surface area contributed by atoms with Crippen LogP contribution in [0.1, 0.15) is 64.7 Å². The lowest BCUT2D eigenvalue weighted by molar-refractivity contribution is -0.127. The van der Waals surface area contributed by atoms with E-state index in [9.17, 15) is 14.4 Å². The first-order chi connectivity index (χ1) is 17.1. The summed E-state index contributed by atoms with van der Waals surface area (Å²) in [6, 6.07) is 9.88. The Hall–Kier alpha value is -4.12. The fourth-order valence-corrected chi connectivity index (χ4v) is 4.63. The third kappa shape index (κ3) is 4.82. The van der Waals surface area contributed by atoms with Crippen molar-refractivity contribution in [2.45, 2.75) is 45.3 Å². The lowest BCUT2D eigenvalue weighted by Crippen LogP contribution is -2.50. The Morgan fingerprint density at radius 2 is 1.97 bits per heavy atom. The average molecular weight is 509 g/mol. The minimum atomic E-state index is -1.05. The van der Waals surface area contributed by atoms with Crippen LogP contribution in [0.3, 0.4) is 0 Å². The molecule has 188 valence electrons. The monoisotopic (exact) mass is 508 g/mol. The maximum Gasteiger partial charge on any atom is 0.270 e. The molecule has 0 saturated heterocycles. The van der Waals surface area contributed by atoms with Crippen molar-refractivity contribution in [3.05, 3.63) is 70.8 Å². The molecule has 10 nitrogen and oxygen atoms in total. The van der Waals surface area contributed by atoms with Gasteiger partial charge in [0.25, 0.3) is 11.8 Å². The van der Waals surface area contributed by atoms with E-state index in [1.807, 2.05) is 45.0 Å². The van der Waals surface area contributed by atoms with Crippen molar-refractivity contribution in [2.75, 3.05) is 5.73 Å². The molecule has 3 heterocycles. The number of nitrogens with one attached hydrogen (secondary N) is 2. The summed E-state index contributed by atoms with van der Waals surface area (Å²) >= 11 is 0.764. The van der Waals surface area contributed by atoms with E-state index >= 15 is 0 Å². The van der Waals surface area contributed by atoms with Crippen LogP contribution < -0.4 is 16.8 Å². The number of nitrogens with zero attached hydrogens (tertiary/aromatic N) is 2. The van der Waals surface area contributed by atoms with Gasteiger partial charge in [-0.25, -0.2) is 0 Å². The first kappa shape index (κ1) is 25.0. The van der Waals surface area contributed by atoms with Gasteiger partial charge in [-0.2, -0.15) is 4.37 Å². The highest BCUT2D eigenvalue weighted by Crippen LogP contribution is 2.34. The molecule has 6 N–H and O–H groups in total. The summed E-state index contributed by atoms with van der Waals surface area (Å²) in [7, 11) is 0. The SMILES string of the molecule is CCC(C)(C)NC(=O)C(c1c[nH]c2ccccc12)N(Cc1ccco1)C(=O)c1snc(C(N)=O)c1N. The van der Waals surface area contributed by atoms with Crippen LogP contribution in [0.5, 0.6) is 0 Å². The number of primary amides is 1. The molecular weight excluding hydrogens is 480 g/mol. The molecule has 1 aromatic carbocycles. The van der Waals surface area contributed by atoms with Crippen LogP contribution in [-0.4, -0.2) is 37.5 Å². The van der Waals surface area contributed by atoms with Gasteiger partial charge in [0.05, 0.1) is 18.5 Å². The zero-order valence-corrected chi connectivity index (χ0v) is 21.0. The Morgan fingerprint density at radius 3 is 2.61 bits per heavy atom. The largest absolute Gasteiger partial charge is 0.467 e. The summed E-state index contributed by atoms with van der Waals surface area (Å²) in [6.45, 7) is 5.77. The van der Waals surface area contributed by atoms with Gasteiger partial charge in [-0.1, -0.05) is 25.1 Å². The van der Waals surface area contributed by atoms with Crippen molar-refractivity contribution in [2.24, 2.45) is 5.73 Å². The third-order valence-electron chi connectivity index (χ3n) is 6.14. The maximum atomic E-state index is 14.0. The molecule has 0 radical (unpaired) electrons. The van der Waals surface area contributed by atoms with Crippen LogP contribution in [0.15, 0.2) is 53.3 Å². The Morgan fingerprint density at radius 1 is 1.22 bits per heavy atom. The molecule has 36 heavy (non-hydrogen) atoms. The first-order valence-electron chi connectivity index (χ1n) is 11.4. The summed E-state index contributed by atoms with van der Waals surface area (Å²) < 4.78 is 9.50. The van der Waals surface area contributed by atoms with E-state index < -0.39 is 23.4 Å². The number of fused-ring (bicyclic) bond motifs is 1. The third-order valence-corrected chi connectivity index (χ3v) is 7.00. The Kier molecular flexibility index (Phi) is 6.84. The first-order valence-corrected chi connectivity index (χ1v) is 12.2. The molecule has 0 bridgehead atoms. The normalized spacial score (nSPS) is 12.4. The van der Waals surface area contributed by atoms with Gasteiger partial charge in [0.15, 0.2) is 5.69 Å². The van der Waals surface area contributed by atoms with Gasteiger partial charge in [-0.15, -0.1) is 0 Å². The number of rotatable bonds is 9. The number of nitrogen functional groups attached to an aromatic ring is 1. The van der Waals surface area contributed by atoms with Crippen LogP contribution in [0.2, 0.25) is 0 Å². The number of hydrogen-bond acceptors (Lipinski definition) is 7. The molecule has 1 atom stereocenters. The highest BCUT2D eigenvalue weighted by molar-refractivity contribution is 7.09. The second-order valence-corrected chi connectivity index (χ2v) is 9.84. The van der Waals surface area contributed by atoms with Crippen LogP contribution >= 0.6 is 11.5 Å². The quantitative estimate of drug-likeness (QED) is 0.270. The number of para-hydroxylation sites is 1. The fourth-order valence-electron chi connectivity index (χ4n) is 3.87. The summed E-state index contributed by atoms with van der Waals surface area (Å²) in [5, 5.41) is 3.86. The molecule has 0 spiro atoms. The van der Waals surface area contributed by atoms with Crippen LogP contribution in [-0.2, 0) is 11.3 Å². The molecule has 4 rings (SSSR count). The average Bonchev–Trinajstić information content (AvgIpc) is 3.58. The van der Waals surface area contributed by atoms with E-state index in [1.165, 1.54) is 11.2 Å². The zero-order valence-electron chi connectivity index (χ0n) is 20.2. The second-order valence-electron chi connectivity index (χ2n) is 9.07. The molecule has 1 unspecified atom stereocenters. The topological polar surface area (TPSA) is 160 Å². The highest BCUT2D eigenvalue weighted by Gasteiger charge is 2.38. The van der Waals surface area contributed by atoms with Gasteiger partial charge in [-0.3, -0.25) is 14.4 Å². The van der Waals surface area contributed by atoms with Gasteiger partial charge in [0.2, 0.25) is 5.91 Å². The maximum absolute atomic E-state index is 14.0. The lowest BCUT2D eigenvalue weighted by atomic mass is 9.98. The Balaban J connectivity index is 1.88. The summed E-state index contributed by atoms with van der Waals surface area (Å²) in [6.07, 6.45) is 3.89. The van der Waals surface area contributed by atoms with Crippen LogP contribution in [0.4, 0.5) is 5.69 Å². The number of anilines is 1. The highest BCUT2D eigenvalue weighted by atomic mass is 32.1. The number of hydrogen-bond donors (Lipinski definition) is 4. The molecule has 4 aromatic rings.